The zero-order chi connectivity index (χ0) is 18.7. The van der Waals surface area contributed by atoms with Crippen LogP contribution in [0.5, 0.6) is 0 Å². The minimum Gasteiger partial charge on any atom is -0.368 e. The first-order chi connectivity index (χ1) is 12.3. The summed E-state index contributed by atoms with van der Waals surface area (Å²) in [6.45, 7) is 9.13. The molecule has 0 unspecified atom stereocenters. The molecule has 1 aliphatic heterocycles. The average molecular weight is 356 g/mol. The molecule has 0 radical (unpaired) electrons. The number of halogens is 1. The second-order valence-corrected chi connectivity index (χ2v) is 7.56. The molecule has 2 heterocycles. The number of nitrogens with zero attached hydrogens (tertiary/aromatic N) is 3. The van der Waals surface area contributed by atoms with E-state index in [0.29, 0.717) is 5.56 Å². The summed E-state index contributed by atoms with van der Waals surface area (Å²) < 4.78 is 13.1. The predicted octanol–water partition coefficient (Wildman–Crippen LogP) is 3.08. The molecule has 0 atom stereocenters. The maximum Gasteiger partial charge on any atom is 0.251 e. The number of hydrogen-bond donors (Lipinski definition) is 1. The van der Waals surface area contributed by atoms with Gasteiger partial charge in [-0.3, -0.25) is 4.79 Å². The fraction of sp³-hybridized carbons (Fsp3) is 0.400. The Kier molecular flexibility index (Phi) is 5.11. The second-order valence-electron chi connectivity index (χ2n) is 7.56. The number of piperazine rings is 1. The standard InChI is InChI=1S/C20H25FN4O/c1-20(2,3)23-19(26)15-8-9-22-18(14-15)25-12-10-24(11-13-25)17-6-4-16(21)5-7-17/h4-9,14H,10-13H2,1-3H3,(H,23,26). The van der Waals surface area contributed by atoms with Crippen molar-refractivity contribution in [1.82, 2.24) is 10.3 Å². The summed E-state index contributed by atoms with van der Waals surface area (Å²) in [4.78, 5) is 21.2. The van der Waals surface area contributed by atoms with Crippen LogP contribution in [-0.2, 0) is 0 Å². The van der Waals surface area contributed by atoms with E-state index in [2.05, 4.69) is 20.1 Å². The summed E-state index contributed by atoms with van der Waals surface area (Å²) in [5.41, 5.74) is 1.37. The smallest absolute Gasteiger partial charge is 0.251 e. The van der Waals surface area contributed by atoms with Crippen LogP contribution in [0.1, 0.15) is 31.1 Å². The van der Waals surface area contributed by atoms with E-state index in [1.165, 1.54) is 12.1 Å². The first kappa shape index (κ1) is 18.2. The van der Waals surface area contributed by atoms with E-state index >= 15 is 0 Å². The van der Waals surface area contributed by atoms with Crippen molar-refractivity contribution in [2.45, 2.75) is 26.3 Å². The molecule has 2 aromatic rings. The predicted molar refractivity (Wildman–Crippen MR) is 102 cm³/mol. The van der Waals surface area contributed by atoms with Gasteiger partial charge in [0.15, 0.2) is 0 Å². The Labute approximate surface area is 153 Å². The van der Waals surface area contributed by atoms with Crippen molar-refractivity contribution in [2.24, 2.45) is 0 Å². The molecule has 1 amide bonds. The summed E-state index contributed by atoms with van der Waals surface area (Å²) in [7, 11) is 0. The number of rotatable bonds is 3. The topological polar surface area (TPSA) is 48.5 Å². The van der Waals surface area contributed by atoms with E-state index in [0.717, 1.165) is 37.7 Å². The molecule has 1 fully saturated rings. The van der Waals surface area contributed by atoms with E-state index < -0.39 is 0 Å². The van der Waals surface area contributed by atoms with Gasteiger partial charge in [-0.05, 0) is 57.2 Å². The third-order valence-electron chi connectivity index (χ3n) is 4.29. The van der Waals surface area contributed by atoms with Crippen LogP contribution >= 0.6 is 0 Å². The zero-order valence-corrected chi connectivity index (χ0v) is 15.5. The molecule has 1 saturated heterocycles. The first-order valence-electron chi connectivity index (χ1n) is 8.86. The van der Waals surface area contributed by atoms with E-state index in [4.69, 9.17) is 0 Å². The Morgan fingerprint density at radius 2 is 1.65 bits per heavy atom. The molecule has 1 aliphatic rings. The molecule has 1 aromatic carbocycles. The summed E-state index contributed by atoms with van der Waals surface area (Å²) >= 11 is 0. The van der Waals surface area contributed by atoms with Crippen LogP contribution in [0.15, 0.2) is 42.6 Å². The molecule has 6 heteroatoms. The van der Waals surface area contributed by atoms with E-state index in [9.17, 15) is 9.18 Å². The Morgan fingerprint density at radius 1 is 1.04 bits per heavy atom. The van der Waals surface area contributed by atoms with Gasteiger partial charge in [0.2, 0.25) is 0 Å². The molecular formula is C20H25FN4O. The quantitative estimate of drug-likeness (QED) is 0.918. The minimum atomic E-state index is -0.276. The largest absolute Gasteiger partial charge is 0.368 e. The number of carbonyl (C=O) groups excluding carboxylic acids is 1. The summed E-state index contributed by atoms with van der Waals surface area (Å²) in [5, 5.41) is 2.97. The highest BCUT2D eigenvalue weighted by Crippen LogP contribution is 2.20. The van der Waals surface area contributed by atoms with Gasteiger partial charge in [0, 0.05) is 49.2 Å². The molecule has 1 N–H and O–H groups in total. The SMILES string of the molecule is CC(C)(C)NC(=O)c1ccnc(N2CCN(c3ccc(F)cc3)CC2)c1. The molecule has 0 aliphatic carbocycles. The third kappa shape index (κ3) is 4.50. The Hall–Kier alpha value is -2.63. The highest BCUT2D eigenvalue weighted by Gasteiger charge is 2.20. The van der Waals surface area contributed by atoms with Crippen molar-refractivity contribution in [1.29, 1.82) is 0 Å². The zero-order valence-electron chi connectivity index (χ0n) is 15.5. The maximum absolute atomic E-state index is 13.1. The number of carbonyl (C=O) groups is 1. The lowest BCUT2D eigenvalue weighted by Gasteiger charge is -2.36. The highest BCUT2D eigenvalue weighted by atomic mass is 19.1. The van der Waals surface area contributed by atoms with Crippen molar-refractivity contribution in [3.05, 3.63) is 54.0 Å². The number of anilines is 2. The summed E-state index contributed by atoms with van der Waals surface area (Å²) in [6, 6.07) is 10.2. The van der Waals surface area contributed by atoms with Gasteiger partial charge in [-0.2, -0.15) is 0 Å². The van der Waals surface area contributed by atoms with Gasteiger partial charge < -0.3 is 15.1 Å². The summed E-state index contributed by atoms with van der Waals surface area (Å²) in [6.07, 6.45) is 1.68. The lowest BCUT2D eigenvalue weighted by atomic mass is 10.1. The van der Waals surface area contributed by atoms with Crippen molar-refractivity contribution < 1.29 is 9.18 Å². The molecule has 1 aromatic heterocycles. The fourth-order valence-corrected chi connectivity index (χ4v) is 2.99. The third-order valence-corrected chi connectivity index (χ3v) is 4.29. The van der Waals surface area contributed by atoms with Crippen LogP contribution in [0.4, 0.5) is 15.9 Å². The van der Waals surface area contributed by atoms with Crippen LogP contribution in [0, 0.1) is 5.82 Å². The summed E-state index contributed by atoms with van der Waals surface area (Å²) in [5.74, 6) is 0.498. The van der Waals surface area contributed by atoms with Crippen LogP contribution in [-0.4, -0.2) is 42.6 Å². The van der Waals surface area contributed by atoms with Gasteiger partial charge in [-0.1, -0.05) is 0 Å². The Morgan fingerprint density at radius 3 is 2.27 bits per heavy atom. The first-order valence-corrected chi connectivity index (χ1v) is 8.86. The van der Waals surface area contributed by atoms with Crippen molar-refractivity contribution >= 4 is 17.4 Å². The van der Waals surface area contributed by atoms with E-state index in [1.807, 2.05) is 26.8 Å². The number of pyridine rings is 1. The van der Waals surface area contributed by atoms with Gasteiger partial charge >= 0.3 is 0 Å². The monoisotopic (exact) mass is 356 g/mol. The van der Waals surface area contributed by atoms with Gasteiger partial charge in [-0.25, -0.2) is 9.37 Å². The molecule has 138 valence electrons. The number of aromatic nitrogens is 1. The molecule has 0 bridgehead atoms. The average Bonchev–Trinajstić information content (AvgIpc) is 2.61. The molecule has 0 spiro atoms. The second kappa shape index (κ2) is 7.32. The molecule has 3 rings (SSSR count). The van der Waals surface area contributed by atoms with Crippen molar-refractivity contribution in [3.8, 4) is 0 Å². The number of nitrogens with one attached hydrogen (secondary N) is 1. The Bertz CT molecular complexity index is 762. The van der Waals surface area contributed by atoms with Gasteiger partial charge in [-0.15, -0.1) is 0 Å². The normalized spacial score (nSPS) is 15.1. The molecule has 0 saturated carbocycles. The molecule has 5 nitrogen and oxygen atoms in total. The van der Waals surface area contributed by atoms with Crippen molar-refractivity contribution in [3.63, 3.8) is 0 Å². The Balaban J connectivity index is 1.65. The highest BCUT2D eigenvalue weighted by molar-refractivity contribution is 5.95. The maximum atomic E-state index is 13.1. The lowest BCUT2D eigenvalue weighted by molar-refractivity contribution is 0.0919. The van der Waals surface area contributed by atoms with Crippen LogP contribution in [0.25, 0.3) is 0 Å². The van der Waals surface area contributed by atoms with E-state index in [-0.39, 0.29) is 17.3 Å². The molecular weight excluding hydrogens is 331 g/mol. The van der Waals surface area contributed by atoms with Crippen LogP contribution in [0.2, 0.25) is 0 Å². The van der Waals surface area contributed by atoms with E-state index in [1.54, 1.807) is 24.4 Å². The number of hydrogen-bond acceptors (Lipinski definition) is 4. The van der Waals surface area contributed by atoms with Gasteiger partial charge in [0.05, 0.1) is 0 Å². The van der Waals surface area contributed by atoms with Crippen LogP contribution < -0.4 is 15.1 Å². The number of amides is 1. The molecule has 26 heavy (non-hydrogen) atoms. The van der Waals surface area contributed by atoms with Gasteiger partial charge in [0.1, 0.15) is 11.6 Å². The van der Waals surface area contributed by atoms with Crippen molar-refractivity contribution in [2.75, 3.05) is 36.0 Å². The van der Waals surface area contributed by atoms with Crippen LogP contribution in [0.3, 0.4) is 0 Å². The lowest BCUT2D eigenvalue weighted by Crippen LogP contribution is -2.47. The van der Waals surface area contributed by atoms with Gasteiger partial charge in [0.25, 0.3) is 5.91 Å². The number of benzene rings is 1. The minimum absolute atomic E-state index is 0.0916. The fourth-order valence-electron chi connectivity index (χ4n) is 2.99.